The Morgan fingerprint density at radius 3 is 2.52 bits per heavy atom. The molecular weight excluding hydrogens is 429 g/mol. The number of carbonyl (C=O) groups is 1. The SMILES string of the molecule is COc1cc2c(cc1OC)C(c1cccs1)N(C(=O)c1ccc(Cl)cc1Cl)CC2. The molecule has 1 aliphatic heterocycles. The molecule has 4 rings (SSSR count). The predicted molar refractivity (Wildman–Crippen MR) is 117 cm³/mol. The van der Waals surface area contributed by atoms with Gasteiger partial charge in [-0.1, -0.05) is 29.3 Å². The highest BCUT2D eigenvalue weighted by Crippen LogP contribution is 2.43. The summed E-state index contributed by atoms with van der Waals surface area (Å²) in [5.74, 6) is 1.22. The molecule has 150 valence electrons. The summed E-state index contributed by atoms with van der Waals surface area (Å²) in [5.41, 5.74) is 2.63. The summed E-state index contributed by atoms with van der Waals surface area (Å²) < 4.78 is 11.0. The Morgan fingerprint density at radius 1 is 1.10 bits per heavy atom. The van der Waals surface area contributed by atoms with Crippen LogP contribution in [0.15, 0.2) is 47.8 Å². The number of hydrogen-bond donors (Lipinski definition) is 0. The second-order valence-electron chi connectivity index (χ2n) is 6.70. The van der Waals surface area contributed by atoms with Crippen molar-refractivity contribution in [1.82, 2.24) is 4.90 Å². The van der Waals surface area contributed by atoms with Gasteiger partial charge in [0.05, 0.1) is 30.8 Å². The summed E-state index contributed by atoms with van der Waals surface area (Å²) in [6, 6.07) is 12.8. The van der Waals surface area contributed by atoms with Crippen LogP contribution in [0.5, 0.6) is 11.5 Å². The average Bonchev–Trinajstić information content (AvgIpc) is 3.25. The van der Waals surface area contributed by atoms with Crippen molar-refractivity contribution in [3.63, 3.8) is 0 Å². The van der Waals surface area contributed by atoms with Gasteiger partial charge in [0.2, 0.25) is 0 Å². The molecule has 1 atom stereocenters. The number of carbonyl (C=O) groups excluding carboxylic acids is 1. The topological polar surface area (TPSA) is 38.8 Å². The summed E-state index contributed by atoms with van der Waals surface area (Å²) in [6.07, 6.45) is 0.717. The maximum atomic E-state index is 13.5. The van der Waals surface area contributed by atoms with Crippen LogP contribution in [0.25, 0.3) is 0 Å². The van der Waals surface area contributed by atoms with Crippen LogP contribution in [0, 0.1) is 0 Å². The minimum absolute atomic E-state index is 0.120. The summed E-state index contributed by atoms with van der Waals surface area (Å²) in [6.45, 7) is 0.572. The van der Waals surface area contributed by atoms with Gasteiger partial charge < -0.3 is 14.4 Å². The van der Waals surface area contributed by atoms with E-state index in [1.54, 1.807) is 43.8 Å². The lowest BCUT2D eigenvalue weighted by Crippen LogP contribution is -2.40. The second-order valence-corrected chi connectivity index (χ2v) is 8.52. The highest BCUT2D eigenvalue weighted by atomic mass is 35.5. The van der Waals surface area contributed by atoms with Gasteiger partial charge >= 0.3 is 0 Å². The van der Waals surface area contributed by atoms with Crippen molar-refractivity contribution in [1.29, 1.82) is 0 Å². The van der Waals surface area contributed by atoms with Gasteiger partial charge in [-0.2, -0.15) is 0 Å². The Morgan fingerprint density at radius 2 is 1.86 bits per heavy atom. The molecule has 1 unspecified atom stereocenters. The summed E-state index contributed by atoms with van der Waals surface area (Å²) in [5, 5.41) is 2.87. The summed E-state index contributed by atoms with van der Waals surface area (Å²) >= 11 is 14.0. The molecule has 0 bridgehead atoms. The van der Waals surface area contributed by atoms with Crippen LogP contribution in [-0.4, -0.2) is 31.6 Å². The number of rotatable bonds is 4. The third-order valence-electron chi connectivity index (χ3n) is 5.11. The van der Waals surface area contributed by atoms with Crippen LogP contribution < -0.4 is 9.47 Å². The maximum Gasteiger partial charge on any atom is 0.256 e. The van der Waals surface area contributed by atoms with Gasteiger partial charge in [-0.15, -0.1) is 11.3 Å². The molecule has 29 heavy (non-hydrogen) atoms. The smallest absolute Gasteiger partial charge is 0.256 e. The van der Waals surface area contributed by atoms with Gasteiger partial charge in [0, 0.05) is 16.4 Å². The molecule has 4 nitrogen and oxygen atoms in total. The Bertz CT molecular complexity index is 1050. The number of ether oxygens (including phenoxy) is 2. The van der Waals surface area contributed by atoms with E-state index in [2.05, 4.69) is 0 Å². The van der Waals surface area contributed by atoms with Crippen molar-refractivity contribution in [2.75, 3.05) is 20.8 Å². The molecule has 0 fully saturated rings. The first-order valence-electron chi connectivity index (χ1n) is 9.07. The van der Waals surface area contributed by atoms with E-state index < -0.39 is 0 Å². The number of fused-ring (bicyclic) bond motifs is 1. The molecule has 7 heteroatoms. The van der Waals surface area contributed by atoms with Crippen molar-refractivity contribution in [2.45, 2.75) is 12.5 Å². The predicted octanol–water partition coefficient (Wildman–Crippen LogP) is 5.86. The van der Waals surface area contributed by atoms with Crippen molar-refractivity contribution >= 4 is 40.4 Å². The third kappa shape index (κ3) is 3.70. The second kappa shape index (κ2) is 8.27. The van der Waals surface area contributed by atoms with Crippen molar-refractivity contribution in [3.05, 3.63) is 79.5 Å². The van der Waals surface area contributed by atoms with Crippen LogP contribution in [0.3, 0.4) is 0 Å². The molecule has 0 saturated carbocycles. The molecule has 3 aromatic rings. The number of hydrogen-bond acceptors (Lipinski definition) is 4. The van der Waals surface area contributed by atoms with Crippen LogP contribution >= 0.6 is 34.5 Å². The lowest BCUT2D eigenvalue weighted by atomic mass is 9.90. The van der Waals surface area contributed by atoms with Gasteiger partial charge in [0.25, 0.3) is 5.91 Å². The first-order chi connectivity index (χ1) is 14.0. The van der Waals surface area contributed by atoms with Gasteiger partial charge in [0.15, 0.2) is 11.5 Å². The fraction of sp³-hybridized carbons (Fsp3) is 0.227. The fourth-order valence-corrected chi connectivity index (χ4v) is 5.08. The van der Waals surface area contributed by atoms with Gasteiger partial charge in [-0.25, -0.2) is 0 Å². The van der Waals surface area contributed by atoms with Crippen LogP contribution in [0.1, 0.15) is 32.4 Å². The molecule has 1 amide bonds. The summed E-state index contributed by atoms with van der Waals surface area (Å²) in [4.78, 5) is 16.4. The van der Waals surface area contributed by atoms with E-state index in [0.717, 1.165) is 16.0 Å². The van der Waals surface area contributed by atoms with E-state index in [0.29, 0.717) is 40.1 Å². The lowest BCUT2D eigenvalue weighted by Gasteiger charge is -2.37. The maximum absolute atomic E-state index is 13.5. The highest BCUT2D eigenvalue weighted by Gasteiger charge is 2.35. The van der Waals surface area contributed by atoms with Crippen molar-refractivity contribution < 1.29 is 14.3 Å². The molecule has 2 heterocycles. The highest BCUT2D eigenvalue weighted by molar-refractivity contribution is 7.10. The van der Waals surface area contributed by atoms with Crippen molar-refractivity contribution in [2.24, 2.45) is 0 Å². The molecule has 1 aromatic heterocycles. The van der Waals surface area contributed by atoms with E-state index in [4.69, 9.17) is 32.7 Å². The number of thiophene rings is 1. The molecule has 2 aromatic carbocycles. The van der Waals surface area contributed by atoms with Gasteiger partial charge in [0.1, 0.15) is 0 Å². The number of methoxy groups -OCH3 is 2. The van der Waals surface area contributed by atoms with E-state index in [-0.39, 0.29) is 11.9 Å². The van der Waals surface area contributed by atoms with Crippen LogP contribution in [0.2, 0.25) is 10.0 Å². The molecule has 0 radical (unpaired) electrons. The molecule has 0 aliphatic carbocycles. The van der Waals surface area contributed by atoms with E-state index in [1.165, 1.54) is 0 Å². The molecule has 0 spiro atoms. The van der Waals surface area contributed by atoms with E-state index in [9.17, 15) is 4.79 Å². The Labute approximate surface area is 183 Å². The Hall–Kier alpha value is -2.21. The molecular formula is C22H19Cl2NO3S. The first-order valence-corrected chi connectivity index (χ1v) is 10.7. The van der Waals surface area contributed by atoms with Gasteiger partial charge in [-0.05, 0) is 59.3 Å². The van der Waals surface area contributed by atoms with Gasteiger partial charge in [-0.3, -0.25) is 4.79 Å². The standard InChI is InChI=1S/C22H19Cl2NO3S/c1-27-18-10-13-7-8-25(22(26)15-6-5-14(23)11-17(15)24)21(20-4-3-9-29-20)16(13)12-19(18)28-2/h3-6,9-12,21H,7-8H2,1-2H3. The molecule has 0 N–H and O–H groups in total. The zero-order valence-electron chi connectivity index (χ0n) is 15.9. The molecule has 1 aliphatic rings. The minimum Gasteiger partial charge on any atom is -0.493 e. The number of amides is 1. The zero-order valence-corrected chi connectivity index (χ0v) is 18.3. The number of benzene rings is 2. The zero-order chi connectivity index (χ0) is 20.5. The number of nitrogens with zero attached hydrogens (tertiary/aromatic N) is 1. The fourth-order valence-electron chi connectivity index (χ4n) is 3.74. The minimum atomic E-state index is -0.224. The van der Waals surface area contributed by atoms with Crippen LogP contribution in [-0.2, 0) is 6.42 Å². The quantitative estimate of drug-likeness (QED) is 0.502. The first kappa shape index (κ1) is 20.1. The Balaban J connectivity index is 1.83. The summed E-state index contributed by atoms with van der Waals surface area (Å²) in [7, 11) is 3.24. The monoisotopic (exact) mass is 447 g/mol. The Kier molecular flexibility index (Phi) is 5.72. The van der Waals surface area contributed by atoms with E-state index >= 15 is 0 Å². The lowest BCUT2D eigenvalue weighted by molar-refractivity contribution is 0.0697. The normalized spacial score (nSPS) is 15.7. The van der Waals surface area contributed by atoms with Crippen molar-refractivity contribution in [3.8, 4) is 11.5 Å². The molecule has 0 saturated heterocycles. The average molecular weight is 448 g/mol. The third-order valence-corrected chi connectivity index (χ3v) is 6.58. The number of halogens is 2. The van der Waals surface area contributed by atoms with Crippen LogP contribution in [0.4, 0.5) is 0 Å². The largest absolute Gasteiger partial charge is 0.493 e. The van der Waals surface area contributed by atoms with E-state index in [1.807, 2.05) is 34.5 Å².